The lowest BCUT2D eigenvalue weighted by Crippen LogP contribution is -2.21. The predicted molar refractivity (Wildman–Crippen MR) is 80.2 cm³/mol. The number of hydrogen-bond donors (Lipinski definition) is 2. The third-order valence-electron chi connectivity index (χ3n) is 2.64. The Morgan fingerprint density at radius 1 is 1.10 bits per heavy atom. The highest BCUT2D eigenvalue weighted by Crippen LogP contribution is 2.15. The molecule has 2 aromatic rings. The Bertz CT molecular complexity index is 702. The molecule has 0 spiro atoms. The molecule has 0 bridgehead atoms. The third kappa shape index (κ3) is 4.64. The van der Waals surface area contributed by atoms with Gasteiger partial charge in [0.1, 0.15) is 23.9 Å². The Morgan fingerprint density at radius 3 is 2.43 bits per heavy atom. The van der Waals surface area contributed by atoms with Crippen molar-refractivity contribution >= 4 is 21.4 Å². The number of para-hydroxylation sites is 1. The van der Waals surface area contributed by atoms with Crippen molar-refractivity contribution in [2.75, 3.05) is 22.8 Å². The van der Waals surface area contributed by atoms with Crippen LogP contribution in [0.5, 0.6) is 5.75 Å². The van der Waals surface area contributed by atoms with Crippen molar-refractivity contribution in [3.05, 3.63) is 54.3 Å². The van der Waals surface area contributed by atoms with E-state index in [9.17, 15) is 12.8 Å². The van der Waals surface area contributed by atoms with Gasteiger partial charge in [-0.2, -0.15) is 0 Å². The van der Waals surface area contributed by atoms with E-state index in [0.717, 1.165) is 0 Å². The Labute approximate surface area is 122 Å². The number of ether oxygens (including phenoxy) is 1. The molecule has 0 fully saturated rings. The molecule has 0 saturated carbocycles. The molecule has 0 saturated heterocycles. The highest BCUT2D eigenvalue weighted by Gasteiger charge is 2.13. The molecule has 5 nitrogen and oxygen atoms in total. The number of nitrogens with one attached hydrogen (secondary N) is 1. The predicted octanol–water partition coefficient (Wildman–Crippen LogP) is 2.23. The van der Waals surface area contributed by atoms with E-state index in [1.807, 2.05) is 0 Å². The van der Waals surface area contributed by atoms with Gasteiger partial charge >= 0.3 is 0 Å². The average molecular weight is 310 g/mol. The zero-order valence-electron chi connectivity index (χ0n) is 11.1. The summed E-state index contributed by atoms with van der Waals surface area (Å²) >= 11 is 0. The fourth-order valence-corrected chi connectivity index (χ4v) is 2.50. The molecule has 21 heavy (non-hydrogen) atoms. The van der Waals surface area contributed by atoms with Gasteiger partial charge in [-0.3, -0.25) is 4.72 Å². The smallest absolute Gasteiger partial charge is 0.236 e. The Balaban J connectivity index is 1.90. The molecule has 2 aromatic carbocycles. The minimum Gasteiger partial charge on any atom is -0.492 e. The van der Waals surface area contributed by atoms with Crippen molar-refractivity contribution < 1.29 is 17.5 Å². The molecular weight excluding hydrogens is 295 g/mol. The lowest BCUT2D eigenvalue weighted by Gasteiger charge is -2.10. The number of benzene rings is 2. The Morgan fingerprint density at radius 2 is 1.76 bits per heavy atom. The van der Waals surface area contributed by atoms with Gasteiger partial charge in [0.2, 0.25) is 10.0 Å². The maximum atomic E-state index is 13.4. The van der Waals surface area contributed by atoms with Crippen LogP contribution in [-0.2, 0) is 10.0 Å². The SMILES string of the molecule is Nc1ccc(OCCS(=O)(=O)Nc2ccccc2F)cc1. The van der Waals surface area contributed by atoms with Crippen molar-refractivity contribution in [3.8, 4) is 5.75 Å². The fraction of sp³-hybridized carbons (Fsp3) is 0.143. The number of hydrogen-bond acceptors (Lipinski definition) is 4. The van der Waals surface area contributed by atoms with Crippen LogP contribution in [0.2, 0.25) is 0 Å². The first-order chi connectivity index (χ1) is 9.96. The van der Waals surface area contributed by atoms with Gasteiger partial charge in [-0.05, 0) is 36.4 Å². The molecule has 112 valence electrons. The molecule has 0 aliphatic carbocycles. The molecule has 0 radical (unpaired) electrons. The quantitative estimate of drug-likeness (QED) is 0.802. The summed E-state index contributed by atoms with van der Waals surface area (Å²) in [5.74, 6) is -0.392. The number of sulfonamides is 1. The molecule has 3 N–H and O–H groups in total. The van der Waals surface area contributed by atoms with Crippen molar-refractivity contribution in [3.63, 3.8) is 0 Å². The zero-order valence-corrected chi connectivity index (χ0v) is 11.9. The summed E-state index contributed by atoms with van der Waals surface area (Å²) in [6.07, 6.45) is 0. The molecule has 0 unspecified atom stereocenters. The maximum absolute atomic E-state index is 13.4. The van der Waals surface area contributed by atoms with Gasteiger partial charge in [0.25, 0.3) is 0 Å². The zero-order chi connectivity index (χ0) is 15.3. The first-order valence-corrected chi connectivity index (χ1v) is 7.85. The summed E-state index contributed by atoms with van der Waals surface area (Å²) < 4.78 is 44.5. The topological polar surface area (TPSA) is 81.4 Å². The highest BCUT2D eigenvalue weighted by molar-refractivity contribution is 7.92. The van der Waals surface area contributed by atoms with Crippen LogP contribution in [0.25, 0.3) is 0 Å². The van der Waals surface area contributed by atoms with Gasteiger partial charge in [-0.1, -0.05) is 12.1 Å². The summed E-state index contributed by atoms with van der Waals surface area (Å²) in [6.45, 7) is -0.0479. The van der Waals surface area contributed by atoms with Gasteiger partial charge in [0, 0.05) is 5.69 Å². The van der Waals surface area contributed by atoms with Crippen LogP contribution in [0.1, 0.15) is 0 Å². The largest absolute Gasteiger partial charge is 0.492 e. The van der Waals surface area contributed by atoms with E-state index in [4.69, 9.17) is 10.5 Å². The molecular formula is C14H15FN2O3S. The number of nitrogens with two attached hydrogens (primary N) is 1. The van der Waals surface area contributed by atoms with Crippen molar-refractivity contribution in [1.29, 1.82) is 0 Å². The van der Waals surface area contributed by atoms with E-state index in [2.05, 4.69) is 4.72 Å². The van der Waals surface area contributed by atoms with Gasteiger partial charge in [0.05, 0.1) is 5.69 Å². The van der Waals surface area contributed by atoms with Crippen LogP contribution >= 0.6 is 0 Å². The average Bonchev–Trinajstić information content (AvgIpc) is 2.43. The lowest BCUT2D eigenvalue weighted by molar-refractivity contribution is 0.341. The van der Waals surface area contributed by atoms with Gasteiger partial charge < -0.3 is 10.5 Å². The second kappa shape index (κ2) is 6.45. The second-order valence-electron chi connectivity index (χ2n) is 4.32. The van der Waals surface area contributed by atoms with Gasteiger partial charge in [-0.25, -0.2) is 12.8 Å². The standard InChI is InChI=1S/C14H15FN2O3S/c15-13-3-1-2-4-14(13)17-21(18,19)10-9-20-12-7-5-11(16)6-8-12/h1-8,17H,9-10,16H2. The van der Waals surface area contributed by atoms with Crippen LogP contribution in [0.4, 0.5) is 15.8 Å². The van der Waals surface area contributed by atoms with Gasteiger partial charge in [-0.15, -0.1) is 0 Å². The minimum atomic E-state index is -3.68. The summed E-state index contributed by atoms with van der Waals surface area (Å²) in [4.78, 5) is 0. The Hall–Kier alpha value is -2.28. The summed E-state index contributed by atoms with van der Waals surface area (Å²) in [6, 6.07) is 12.2. The summed E-state index contributed by atoms with van der Waals surface area (Å²) in [5.41, 5.74) is 6.04. The fourth-order valence-electron chi connectivity index (χ4n) is 1.60. The molecule has 2 rings (SSSR count). The van der Waals surface area contributed by atoms with E-state index in [1.165, 1.54) is 18.2 Å². The maximum Gasteiger partial charge on any atom is 0.236 e. The number of halogens is 1. The molecule has 0 heterocycles. The molecule has 7 heteroatoms. The highest BCUT2D eigenvalue weighted by atomic mass is 32.2. The number of nitrogen functional groups attached to an aromatic ring is 1. The lowest BCUT2D eigenvalue weighted by atomic mass is 10.3. The second-order valence-corrected chi connectivity index (χ2v) is 6.16. The van der Waals surface area contributed by atoms with Gasteiger partial charge in [0.15, 0.2) is 0 Å². The Kier molecular flexibility index (Phi) is 4.64. The molecule has 0 aliphatic rings. The molecule has 0 amide bonds. The van der Waals surface area contributed by atoms with E-state index in [-0.39, 0.29) is 18.0 Å². The van der Waals surface area contributed by atoms with Crippen LogP contribution in [0.3, 0.4) is 0 Å². The van der Waals surface area contributed by atoms with E-state index >= 15 is 0 Å². The van der Waals surface area contributed by atoms with Crippen molar-refractivity contribution in [2.24, 2.45) is 0 Å². The van der Waals surface area contributed by atoms with E-state index < -0.39 is 15.8 Å². The van der Waals surface area contributed by atoms with Crippen molar-refractivity contribution in [2.45, 2.75) is 0 Å². The summed E-state index contributed by atoms with van der Waals surface area (Å²) in [5, 5.41) is 0. The molecule has 0 aliphatic heterocycles. The first-order valence-electron chi connectivity index (χ1n) is 6.20. The monoisotopic (exact) mass is 310 g/mol. The normalized spacial score (nSPS) is 11.1. The van der Waals surface area contributed by atoms with Crippen LogP contribution in [-0.4, -0.2) is 20.8 Å². The first kappa shape index (κ1) is 15.1. The van der Waals surface area contributed by atoms with Crippen LogP contribution in [0, 0.1) is 5.82 Å². The third-order valence-corrected chi connectivity index (χ3v) is 3.88. The summed E-state index contributed by atoms with van der Waals surface area (Å²) in [7, 11) is -3.68. The van der Waals surface area contributed by atoms with E-state index in [1.54, 1.807) is 30.3 Å². The van der Waals surface area contributed by atoms with E-state index in [0.29, 0.717) is 11.4 Å². The molecule has 0 atom stereocenters. The minimum absolute atomic E-state index is 0.0479. The number of rotatable bonds is 6. The number of anilines is 2. The van der Waals surface area contributed by atoms with Crippen LogP contribution in [0.15, 0.2) is 48.5 Å². The van der Waals surface area contributed by atoms with Crippen molar-refractivity contribution in [1.82, 2.24) is 0 Å². The molecule has 0 aromatic heterocycles. The van der Waals surface area contributed by atoms with Crippen LogP contribution < -0.4 is 15.2 Å².